The van der Waals surface area contributed by atoms with E-state index < -0.39 is 0 Å². The maximum Gasteiger partial charge on any atom is 0.220 e. The molecule has 0 aliphatic carbocycles. The molecule has 4 nitrogen and oxygen atoms in total. The van der Waals surface area contributed by atoms with Crippen molar-refractivity contribution in [1.82, 2.24) is 10.2 Å². The van der Waals surface area contributed by atoms with E-state index in [1.54, 1.807) is 18.4 Å². The van der Waals surface area contributed by atoms with Gasteiger partial charge in [-0.1, -0.05) is 25.1 Å². The Balaban J connectivity index is 1.87. The quantitative estimate of drug-likeness (QED) is 0.793. The van der Waals surface area contributed by atoms with Crippen molar-refractivity contribution in [3.05, 3.63) is 52.2 Å². The maximum atomic E-state index is 12.3. The number of amides is 1. The molecule has 2 atom stereocenters. The average Bonchev–Trinajstić information content (AvgIpc) is 3.09. The van der Waals surface area contributed by atoms with Gasteiger partial charge in [0.1, 0.15) is 5.75 Å². The molecule has 0 radical (unpaired) electrons. The van der Waals surface area contributed by atoms with Gasteiger partial charge in [-0.25, -0.2) is 0 Å². The standard InChI is InChI=1S/C19H26N2O2S/c1-14(15-7-9-16(23-4)10-8-15)12-19(22)20-13-17(21(2)3)18-6-5-11-24-18/h5-11,14,17H,12-13H2,1-4H3,(H,20,22). The second-order valence-corrected chi connectivity index (χ2v) is 7.16. The molecule has 2 unspecified atom stereocenters. The van der Waals surface area contributed by atoms with Crippen LogP contribution < -0.4 is 10.1 Å². The van der Waals surface area contributed by atoms with Gasteiger partial charge >= 0.3 is 0 Å². The number of ether oxygens (including phenoxy) is 1. The molecule has 130 valence electrons. The Labute approximate surface area is 148 Å². The van der Waals surface area contributed by atoms with E-state index in [0.29, 0.717) is 13.0 Å². The van der Waals surface area contributed by atoms with Crippen LogP contribution in [-0.2, 0) is 4.79 Å². The van der Waals surface area contributed by atoms with Gasteiger partial charge in [-0.2, -0.15) is 0 Å². The van der Waals surface area contributed by atoms with Gasteiger partial charge in [-0.15, -0.1) is 11.3 Å². The zero-order valence-electron chi connectivity index (χ0n) is 14.8. The number of rotatable bonds is 8. The molecule has 0 aliphatic heterocycles. The summed E-state index contributed by atoms with van der Waals surface area (Å²) < 4.78 is 5.17. The summed E-state index contributed by atoms with van der Waals surface area (Å²) in [6.45, 7) is 2.70. The molecule has 0 spiro atoms. The summed E-state index contributed by atoms with van der Waals surface area (Å²) in [7, 11) is 5.73. The summed E-state index contributed by atoms with van der Waals surface area (Å²) in [5.74, 6) is 1.09. The van der Waals surface area contributed by atoms with Crippen LogP contribution in [-0.4, -0.2) is 38.6 Å². The molecule has 1 aromatic heterocycles. The summed E-state index contributed by atoms with van der Waals surface area (Å²) in [6.07, 6.45) is 0.483. The van der Waals surface area contributed by atoms with Gasteiger partial charge in [0.2, 0.25) is 5.91 Å². The third kappa shape index (κ3) is 5.08. The first-order valence-electron chi connectivity index (χ1n) is 8.11. The van der Waals surface area contributed by atoms with Crippen molar-refractivity contribution in [2.24, 2.45) is 0 Å². The van der Waals surface area contributed by atoms with E-state index in [1.165, 1.54) is 4.88 Å². The molecule has 2 rings (SSSR count). The van der Waals surface area contributed by atoms with Crippen molar-refractivity contribution in [3.63, 3.8) is 0 Å². The smallest absolute Gasteiger partial charge is 0.220 e. The van der Waals surface area contributed by atoms with Crippen LogP contribution in [0.25, 0.3) is 0 Å². The first kappa shape index (κ1) is 18.5. The Kier molecular flexibility index (Phi) is 6.82. The zero-order chi connectivity index (χ0) is 17.5. The lowest BCUT2D eigenvalue weighted by Gasteiger charge is -2.24. The third-order valence-electron chi connectivity index (χ3n) is 4.16. The molecule has 1 aromatic carbocycles. The van der Waals surface area contributed by atoms with E-state index in [1.807, 2.05) is 44.4 Å². The molecular formula is C19H26N2O2S. The van der Waals surface area contributed by atoms with Gasteiger partial charge in [0.05, 0.1) is 13.2 Å². The largest absolute Gasteiger partial charge is 0.497 e. The molecule has 0 aliphatic rings. The topological polar surface area (TPSA) is 41.6 Å². The Morgan fingerprint density at radius 1 is 1.25 bits per heavy atom. The number of methoxy groups -OCH3 is 1. The number of hydrogen-bond donors (Lipinski definition) is 1. The Morgan fingerprint density at radius 3 is 2.50 bits per heavy atom. The van der Waals surface area contributed by atoms with E-state index in [9.17, 15) is 4.79 Å². The molecule has 1 N–H and O–H groups in total. The fourth-order valence-electron chi connectivity index (χ4n) is 2.63. The minimum atomic E-state index is 0.0849. The van der Waals surface area contributed by atoms with Crippen LogP contribution >= 0.6 is 11.3 Å². The normalized spacial score (nSPS) is 13.5. The average molecular weight is 346 g/mol. The molecule has 24 heavy (non-hydrogen) atoms. The lowest BCUT2D eigenvalue weighted by Crippen LogP contribution is -2.34. The third-order valence-corrected chi connectivity index (χ3v) is 5.14. The zero-order valence-corrected chi connectivity index (χ0v) is 15.6. The van der Waals surface area contributed by atoms with Crippen LogP contribution in [0.2, 0.25) is 0 Å². The van der Waals surface area contributed by atoms with Gasteiger partial charge in [-0.05, 0) is 49.2 Å². The maximum absolute atomic E-state index is 12.3. The van der Waals surface area contributed by atoms with Crippen molar-refractivity contribution in [2.45, 2.75) is 25.3 Å². The van der Waals surface area contributed by atoms with Crippen LogP contribution in [0.1, 0.15) is 35.7 Å². The van der Waals surface area contributed by atoms with Crippen molar-refractivity contribution in [3.8, 4) is 5.75 Å². The molecule has 0 saturated heterocycles. The van der Waals surface area contributed by atoms with Crippen LogP contribution in [0, 0.1) is 0 Å². The van der Waals surface area contributed by atoms with Gasteiger partial charge < -0.3 is 15.0 Å². The number of carbonyl (C=O) groups is 1. The summed E-state index contributed by atoms with van der Waals surface area (Å²) in [4.78, 5) is 15.7. The predicted octanol–water partition coefficient (Wildman–Crippen LogP) is 3.67. The van der Waals surface area contributed by atoms with E-state index in [2.05, 4.69) is 28.6 Å². The lowest BCUT2D eigenvalue weighted by molar-refractivity contribution is -0.121. The van der Waals surface area contributed by atoms with Crippen LogP contribution in [0.4, 0.5) is 0 Å². The van der Waals surface area contributed by atoms with Gasteiger partial charge in [0.15, 0.2) is 0 Å². The number of nitrogens with one attached hydrogen (secondary N) is 1. The molecule has 0 bridgehead atoms. The molecule has 5 heteroatoms. The molecule has 0 fully saturated rings. The number of carbonyl (C=O) groups excluding carboxylic acids is 1. The monoisotopic (exact) mass is 346 g/mol. The van der Waals surface area contributed by atoms with Gasteiger partial charge in [0.25, 0.3) is 0 Å². The Morgan fingerprint density at radius 2 is 1.96 bits per heavy atom. The molecule has 2 aromatic rings. The fraction of sp³-hybridized carbons (Fsp3) is 0.421. The van der Waals surface area contributed by atoms with Crippen LogP contribution in [0.15, 0.2) is 41.8 Å². The highest BCUT2D eigenvalue weighted by Crippen LogP contribution is 2.24. The molecule has 1 amide bonds. The summed E-state index contributed by atoms with van der Waals surface area (Å²) in [5.41, 5.74) is 1.15. The van der Waals surface area contributed by atoms with E-state index >= 15 is 0 Å². The first-order chi connectivity index (χ1) is 11.5. The van der Waals surface area contributed by atoms with Crippen LogP contribution in [0.3, 0.4) is 0 Å². The van der Waals surface area contributed by atoms with Crippen molar-refractivity contribution in [2.75, 3.05) is 27.7 Å². The lowest BCUT2D eigenvalue weighted by atomic mass is 9.97. The molecule has 1 heterocycles. The first-order valence-corrected chi connectivity index (χ1v) is 8.99. The van der Waals surface area contributed by atoms with Crippen molar-refractivity contribution in [1.29, 1.82) is 0 Å². The number of benzene rings is 1. The van der Waals surface area contributed by atoms with E-state index in [4.69, 9.17) is 4.74 Å². The van der Waals surface area contributed by atoms with Gasteiger partial charge in [0, 0.05) is 17.8 Å². The molecule has 0 saturated carbocycles. The number of hydrogen-bond acceptors (Lipinski definition) is 4. The minimum Gasteiger partial charge on any atom is -0.497 e. The second-order valence-electron chi connectivity index (χ2n) is 6.18. The SMILES string of the molecule is COc1ccc(C(C)CC(=O)NCC(c2cccs2)N(C)C)cc1. The van der Waals surface area contributed by atoms with E-state index in [0.717, 1.165) is 11.3 Å². The number of nitrogens with zero attached hydrogens (tertiary/aromatic N) is 1. The van der Waals surface area contributed by atoms with E-state index in [-0.39, 0.29) is 17.9 Å². The number of thiophene rings is 1. The summed E-state index contributed by atoms with van der Waals surface area (Å²) in [6, 6.07) is 12.3. The van der Waals surface area contributed by atoms with Crippen molar-refractivity contribution < 1.29 is 9.53 Å². The highest BCUT2D eigenvalue weighted by Gasteiger charge is 2.17. The highest BCUT2D eigenvalue weighted by molar-refractivity contribution is 7.10. The Bertz CT molecular complexity index is 623. The predicted molar refractivity (Wildman–Crippen MR) is 99.8 cm³/mol. The molecular weight excluding hydrogens is 320 g/mol. The highest BCUT2D eigenvalue weighted by atomic mass is 32.1. The van der Waals surface area contributed by atoms with Crippen LogP contribution in [0.5, 0.6) is 5.75 Å². The summed E-state index contributed by atoms with van der Waals surface area (Å²) >= 11 is 1.72. The second kappa shape index (κ2) is 8.85. The summed E-state index contributed by atoms with van der Waals surface area (Å²) in [5, 5.41) is 5.15. The fourth-order valence-corrected chi connectivity index (χ4v) is 3.55. The van der Waals surface area contributed by atoms with Crippen molar-refractivity contribution >= 4 is 17.2 Å². The number of likely N-dealkylation sites (N-methyl/N-ethyl adjacent to an activating group) is 1. The Hall–Kier alpha value is -1.85. The van der Waals surface area contributed by atoms with Gasteiger partial charge in [-0.3, -0.25) is 4.79 Å². The minimum absolute atomic E-state index is 0.0849.